The molecule has 3 aliphatic rings. The van der Waals surface area contributed by atoms with Crippen molar-refractivity contribution in [2.75, 3.05) is 33.7 Å². The van der Waals surface area contributed by atoms with Crippen LogP contribution in [-0.4, -0.2) is 61.8 Å². The van der Waals surface area contributed by atoms with Gasteiger partial charge in [-0.3, -0.25) is 4.90 Å². The van der Waals surface area contributed by atoms with Gasteiger partial charge in [0.15, 0.2) is 0 Å². The van der Waals surface area contributed by atoms with Crippen molar-refractivity contribution in [3.63, 3.8) is 0 Å². The summed E-state index contributed by atoms with van der Waals surface area (Å²) in [5.74, 6) is 0. The molecule has 28 heavy (non-hydrogen) atoms. The average Bonchev–Trinajstić information content (AvgIpc) is 2.97. The van der Waals surface area contributed by atoms with E-state index in [1.165, 1.54) is 12.0 Å². The minimum Gasteiger partial charge on any atom is -0.336 e. The number of carbonyl (C=O) groups excluding carboxylic acids is 1. The molecule has 152 valence electrons. The predicted octanol–water partition coefficient (Wildman–Crippen LogP) is 3.65. The first-order chi connectivity index (χ1) is 13.5. The number of benzene rings is 1. The molecule has 5 heteroatoms. The smallest absolute Gasteiger partial charge is 0.318 e. The van der Waals surface area contributed by atoms with E-state index < -0.39 is 0 Å². The number of urea groups is 1. The molecule has 2 saturated carbocycles. The number of nitrogens with one attached hydrogen (secondary N) is 1. The van der Waals surface area contributed by atoms with Gasteiger partial charge in [-0.05, 0) is 64.9 Å². The zero-order valence-electron chi connectivity index (χ0n) is 17.4. The Morgan fingerprint density at radius 2 is 1.79 bits per heavy atom. The van der Waals surface area contributed by atoms with Crippen molar-refractivity contribution in [1.82, 2.24) is 15.1 Å². The van der Waals surface area contributed by atoms with Gasteiger partial charge in [-0.2, -0.15) is 0 Å². The molecular formula is C23H34N4O. The minimum absolute atomic E-state index is 0.0465. The number of aliphatic imine (C=N–C) groups is 1. The SMILES string of the molecule is C=NCC1(CN2C(=O)NCC23CCC(c2ccccc2)(N(C)C)CC3)CCC1. The highest BCUT2D eigenvalue weighted by Gasteiger charge is 2.54. The van der Waals surface area contributed by atoms with Crippen molar-refractivity contribution < 1.29 is 4.79 Å². The van der Waals surface area contributed by atoms with Gasteiger partial charge in [0.2, 0.25) is 0 Å². The van der Waals surface area contributed by atoms with Crippen molar-refractivity contribution >= 4 is 12.7 Å². The van der Waals surface area contributed by atoms with Gasteiger partial charge in [-0.1, -0.05) is 36.8 Å². The summed E-state index contributed by atoms with van der Waals surface area (Å²) in [5.41, 5.74) is 1.56. The lowest BCUT2D eigenvalue weighted by Crippen LogP contribution is -2.58. The van der Waals surface area contributed by atoms with Crippen LogP contribution < -0.4 is 5.32 Å². The molecule has 0 aromatic heterocycles. The van der Waals surface area contributed by atoms with Crippen LogP contribution in [0, 0.1) is 5.41 Å². The Morgan fingerprint density at radius 3 is 2.32 bits per heavy atom. The average molecular weight is 383 g/mol. The molecule has 4 rings (SSSR count). The van der Waals surface area contributed by atoms with Gasteiger partial charge in [0.05, 0.1) is 5.54 Å². The summed E-state index contributed by atoms with van der Waals surface area (Å²) in [4.78, 5) is 21.6. The van der Waals surface area contributed by atoms with E-state index in [0.717, 1.165) is 58.2 Å². The van der Waals surface area contributed by atoms with E-state index in [2.05, 4.69) is 71.3 Å². The van der Waals surface area contributed by atoms with Crippen LogP contribution in [0.4, 0.5) is 4.79 Å². The van der Waals surface area contributed by atoms with Gasteiger partial charge < -0.3 is 15.2 Å². The lowest BCUT2D eigenvalue weighted by atomic mass is 9.65. The van der Waals surface area contributed by atoms with Crippen LogP contribution in [0.2, 0.25) is 0 Å². The molecule has 1 aromatic rings. The van der Waals surface area contributed by atoms with Gasteiger partial charge >= 0.3 is 6.03 Å². The summed E-state index contributed by atoms with van der Waals surface area (Å²) < 4.78 is 0. The number of hydrogen-bond donors (Lipinski definition) is 1. The normalized spacial score (nSPS) is 31.7. The summed E-state index contributed by atoms with van der Waals surface area (Å²) in [5, 5.41) is 3.17. The van der Waals surface area contributed by atoms with Crippen LogP contribution in [0.5, 0.6) is 0 Å². The molecule has 2 amide bonds. The lowest BCUT2D eigenvalue weighted by molar-refractivity contribution is -0.00210. The standard InChI is InChI=1S/C23H34N4O/c1-24-16-21(10-7-11-21)18-27-20(28)25-17-22(27)12-14-23(15-13-22,26(2)3)19-8-5-4-6-9-19/h4-6,8-9H,1,7,10-18H2,2-3H3,(H,25,28). The van der Waals surface area contributed by atoms with Crippen LogP contribution in [0.3, 0.4) is 0 Å². The van der Waals surface area contributed by atoms with Gasteiger partial charge in [0.25, 0.3) is 0 Å². The molecule has 1 aliphatic heterocycles. The second kappa shape index (κ2) is 7.18. The third-order valence-electron chi connectivity index (χ3n) is 7.92. The Balaban J connectivity index is 1.56. The molecule has 3 fully saturated rings. The van der Waals surface area contributed by atoms with E-state index in [0.29, 0.717) is 0 Å². The zero-order valence-corrected chi connectivity index (χ0v) is 17.4. The van der Waals surface area contributed by atoms with E-state index in [4.69, 9.17) is 0 Å². The van der Waals surface area contributed by atoms with Crippen LogP contribution in [0.15, 0.2) is 35.3 Å². The maximum Gasteiger partial charge on any atom is 0.318 e. The monoisotopic (exact) mass is 382 g/mol. The Kier molecular flexibility index (Phi) is 4.98. The van der Waals surface area contributed by atoms with Gasteiger partial charge in [-0.25, -0.2) is 4.79 Å². The highest BCUT2D eigenvalue weighted by Crippen LogP contribution is 2.50. The first-order valence-corrected chi connectivity index (χ1v) is 10.7. The number of nitrogens with zero attached hydrogens (tertiary/aromatic N) is 3. The van der Waals surface area contributed by atoms with Crippen LogP contribution in [0.1, 0.15) is 50.5 Å². The zero-order chi connectivity index (χ0) is 19.8. The first kappa shape index (κ1) is 19.4. The summed E-state index contributed by atoms with van der Waals surface area (Å²) in [6.45, 7) is 6.11. The van der Waals surface area contributed by atoms with E-state index in [9.17, 15) is 4.79 Å². The third-order valence-corrected chi connectivity index (χ3v) is 7.92. The second-order valence-electron chi connectivity index (χ2n) is 9.50. The molecule has 1 spiro atoms. The summed E-state index contributed by atoms with van der Waals surface area (Å²) in [6, 6.07) is 11.0. The fourth-order valence-corrected chi connectivity index (χ4v) is 5.82. The molecule has 1 saturated heterocycles. The van der Waals surface area contributed by atoms with Crippen molar-refractivity contribution in [2.24, 2.45) is 10.4 Å². The molecule has 0 atom stereocenters. The first-order valence-electron chi connectivity index (χ1n) is 10.7. The van der Waals surface area contributed by atoms with E-state index in [1.807, 2.05) is 0 Å². The predicted molar refractivity (Wildman–Crippen MR) is 114 cm³/mol. The molecule has 0 bridgehead atoms. The second-order valence-corrected chi connectivity index (χ2v) is 9.50. The summed E-state index contributed by atoms with van der Waals surface area (Å²) in [6.07, 6.45) is 7.79. The highest BCUT2D eigenvalue weighted by molar-refractivity contribution is 5.78. The van der Waals surface area contributed by atoms with Crippen LogP contribution in [-0.2, 0) is 5.54 Å². The molecule has 1 heterocycles. The maximum atomic E-state index is 12.8. The number of hydrogen-bond acceptors (Lipinski definition) is 3. The molecule has 0 unspecified atom stereocenters. The van der Waals surface area contributed by atoms with Crippen LogP contribution in [0.25, 0.3) is 0 Å². The largest absolute Gasteiger partial charge is 0.336 e. The number of carbonyl (C=O) groups is 1. The number of amides is 2. The Bertz CT molecular complexity index is 717. The maximum absolute atomic E-state index is 12.8. The van der Waals surface area contributed by atoms with Gasteiger partial charge in [-0.15, -0.1) is 0 Å². The molecule has 5 nitrogen and oxygen atoms in total. The minimum atomic E-state index is -0.0465. The molecule has 2 aliphatic carbocycles. The number of rotatable bonds is 6. The quantitative estimate of drug-likeness (QED) is 0.764. The van der Waals surface area contributed by atoms with Crippen molar-refractivity contribution in [1.29, 1.82) is 0 Å². The van der Waals surface area contributed by atoms with Gasteiger partial charge in [0, 0.05) is 30.6 Å². The van der Waals surface area contributed by atoms with E-state index in [1.54, 1.807) is 0 Å². The highest BCUT2D eigenvalue weighted by atomic mass is 16.2. The Labute approximate surface area is 169 Å². The topological polar surface area (TPSA) is 47.9 Å². The fraction of sp³-hybridized carbons (Fsp3) is 0.652. The van der Waals surface area contributed by atoms with Crippen molar-refractivity contribution in [3.8, 4) is 0 Å². The van der Waals surface area contributed by atoms with Crippen molar-refractivity contribution in [2.45, 2.75) is 56.0 Å². The Morgan fingerprint density at radius 1 is 1.11 bits per heavy atom. The summed E-state index contributed by atoms with van der Waals surface area (Å²) >= 11 is 0. The van der Waals surface area contributed by atoms with E-state index in [-0.39, 0.29) is 22.5 Å². The van der Waals surface area contributed by atoms with Gasteiger partial charge in [0.1, 0.15) is 0 Å². The van der Waals surface area contributed by atoms with E-state index >= 15 is 0 Å². The molecular weight excluding hydrogens is 348 g/mol. The third kappa shape index (κ3) is 3.04. The molecule has 1 aromatic carbocycles. The lowest BCUT2D eigenvalue weighted by Gasteiger charge is -2.53. The fourth-order valence-electron chi connectivity index (χ4n) is 5.82. The molecule has 1 N–H and O–H groups in total. The Hall–Kier alpha value is -1.88. The summed E-state index contributed by atoms with van der Waals surface area (Å²) in [7, 11) is 4.39. The van der Waals surface area contributed by atoms with Crippen molar-refractivity contribution in [3.05, 3.63) is 35.9 Å². The molecule has 0 radical (unpaired) electrons. The van der Waals surface area contributed by atoms with Crippen LogP contribution >= 0.6 is 0 Å².